The lowest BCUT2D eigenvalue weighted by Crippen LogP contribution is -2.36. The summed E-state index contributed by atoms with van der Waals surface area (Å²) in [7, 11) is 4.02. The minimum absolute atomic E-state index is 0.0108. The molecule has 0 aliphatic carbocycles. The molecule has 0 unspecified atom stereocenters. The van der Waals surface area contributed by atoms with Crippen LogP contribution in [0.3, 0.4) is 0 Å². The minimum Gasteiger partial charge on any atom is -0.308 e. The smallest absolute Gasteiger partial charge is 0.272 e. The number of carbonyl (C=O) groups excluding carboxylic acids is 1. The van der Waals surface area contributed by atoms with Crippen LogP contribution in [0, 0.1) is 27.7 Å². The molecule has 3 aromatic rings. The van der Waals surface area contributed by atoms with Gasteiger partial charge in [0, 0.05) is 13.1 Å². The fourth-order valence-electron chi connectivity index (χ4n) is 2.92. The number of carbonyl (C=O) groups is 1. The zero-order valence-corrected chi connectivity index (χ0v) is 17.7. The summed E-state index contributed by atoms with van der Waals surface area (Å²) < 4.78 is 1.14. The van der Waals surface area contributed by atoms with E-state index in [1.165, 1.54) is 22.5 Å². The predicted molar refractivity (Wildman–Crippen MR) is 111 cm³/mol. The number of aryl methyl sites for hydroxylation is 4. The van der Waals surface area contributed by atoms with Gasteiger partial charge in [-0.3, -0.25) is 9.69 Å². The van der Waals surface area contributed by atoms with E-state index >= 15 is 0 Å². The Morgan fingerprint density at radius 1 is 1.04 bits per heavy atom. The van der Waals surface area contributed by atoms with E-state index in [0.29, 0.717) is 11.4 Å². The third-order valence-electron chi connectivity index (χ3n) is 4.15. The first kappa shape index (κ1) is 18.9. The van der Waals surface area contributed by atoms with Gasteiger partial charge in [-0.15, -0.1) is 11.3 Å². The molecule has 138 valence electrons. The van der Waals surface area contributed by atoms with Gasteiger partial charge in [0.15, 0.2) is 5.13 Å². The van der Waals surface area contributed by atoms with Crippen LogP contribution < -0.4 is 4.90 Å². The molecule has 1 aromatic carbocycles. The van der Waals surface area contributed by atoms with Crippen LogP contribution in [0.25, 0.3) is 10.2 Å². The van der Waals surface area contributed by atoms with Crippen molar-refractivity contribution in [2.75, 3.05) is 32.1 Å². The van der Waals surface area contributed by atoms with Gasteiger partial charge in [-0.1, -0.05) is 17.4 Å². The topological polar surface area (TPSA) is 49.3 Å². The summed E-state index contributed by atoms with van der Waals surface area (Å²) in [6, 6.07) is 4.24. The molecule has 3 rings (SSSR count). The molecule has 0 saturated carbocycles. The summed E-state index contributed by atoms with van der Waals surface area (Å²) >= 11 is 3.04. The highest BCUT2D eigenvalue weighted by Gasteiger charge is 2.25. The maximum absolute atomic E-state index is 13.3. The molecular weight excluding hydrogens is 364 g/mol. The third-order valence-corrected chi connectivity index (χ3v) is 6.44. The number of fused-ring (bicyclic) bond motifs is 1. The molecule has 0 aliphatic rings. The third kappa shape index (κ3) is 3.79. The molecule has 1 amide bonds. The Kier molecular flexibility index (Phi) is 5.41. The molecule has 0 bridgehead atoms. The van der Waals surface area contributed by atoms with Crippen LogP contribution in [-0.4, -0.2) is 48.0 Å². The van der Waals surface area contributed by atoms with Gasteiger partial charge in [-0.25, -0.2) is 9.97 Å². The van der Waals surface area contributed by atoms with E-state index in [9.17, 15) is 4.79 Å². The summed E-state index contributed by atoms with van der Waals surface area (Å²) in [5.41, 5.74) is 4.14. The Labute approximate surface area is 162 Å². The van der Waals surface area contributed by atoms with E-state index in [0.717, 1.165) is 32.6 Å². The number of hydrogen-bond acceptors (Lipinski definition) is 6. The number of benzene rings is 1. The van der Waals surface area contributed by atoms with Crippen molar-refractivity contribution in [2.24, 2.45) is 0 Å². The fourth-order valence-corrected chi connectivity index (χ4v) is 4.83. The van der Waals surface area contributed by atoms with E-state index in [-0.39, 0.29) is 5.91 Å². The summed E-state index contributed by atoms with van der Waals surface area (Å²) in [5.74, 6) is -0.0108. The number of aromatic nitrogens is 2. The number of likely N-dealkylation sites (N-methyl/N-ethyl adjacent to an activating group) is 1. The molecular formula is C19H24N4OS2. The van der Waals surface area contributed by atoms with Crippen molar-refractivity contribution in [1.29, 1.82) is 0 Å². The maximum Gasteiger partial charge on any atom is 0.272 e. The normalized spacial score (nSPS) is 11.5. The van der Waals surface area contributed by atoms with Gasteiger partial charge >= 0.3 is 0 Å². The van der Waals surface area contributed by atoms with Crippen molar-refractivity contribution < 1.29 is 4.79 Å². The second-order valence-electron chi connectivity index (χ2n) is 6.83. The standard InChI is InChI=1S/C19H24N4OS2/c1-11-9-12(2)16-15(10-11)21-19(26-16)23(8-7-22(5)6)18(24)17-13(3)20-14(4)25-17/h9-10H,7-8H2,1-6H3. The van der Waals surface area contributed by atoms with Gasteiger partial charge in [0.05, 0.1) is 20.9 Å². The lowest BCUT2D eigenvalue weighted by molar-refractivity contribution is 0.0988. The highest BCUT2D eigenvalue weighted by Crippen LogP contribution is 2.33. The number of amides is 1. The quantitative estimate of drug-likeness (QED) is 0.657. The lowest BCUT2D eigenvalue weighted by Gasteiger charge is -2.21. The van der Waals surface area contributed by atoms with Crippen molar-refractivity contribution >= 4 is 43.9 Å². The number of thiazole rings is 2. The van der Waals surface area contributed by atoms with E-state index in [2.05, 4.69) is 35.9 Å². The van der Waals surface area contributed by atoms with Crippen molar-refractivity contribution in [3.63, 3.8) is 0 Å². The Balaban J connectivity index is 2.04. The molecule has 5 nitrogen and oxygen atoms in total. The first-order valence-electron chi connectivity index (χ1n) is 8.54. The predicted octanol–water partition coefficient (Wildman–Crippen LogP) is 4.19. The molecule has 0 saturated heterocycles. The Morgan fingerprint density at radius 3 is 2.38 bits per heavy atom. The SMILES string of the molecule is Cc1cc(C)c2sc(N(CCN(C)C)C(=O)c3sc(C)nc3C)nc2c1. The fraction of sp³-hybridized carbons (Fsp3) is 0.421. The molecule has 2 aromatic heterocycles. The van der Waals surface area contributed by atoms with Crippen molar-refractivity contribution in [3.8, 4) is 0 Å². The van der Waals surface area contributed by atoms with Gasteiger partial charge in [0.1, 0.15) is 4.88 Å². The van der Waals surface area contributed by atoms with Crippen LogP contribution in [0.1, 0.15) is 31.5 Å². The van der Waals surface area contributed by atoms with E-state index in [1.807, 2.05) is 27.9 Å². The van der Waals surface area contributed by atoms with Gasteiger partial charge in [-0.05, 0) is 59.0 Å². The molecule has 26 heavy (non-hydrogen) atoms. The molecule has 0 fully saturated rings. The molecule has 0 atom stereocenters. The van der Waals surface area contributed by atoms with E-state index < -0.39 is 0 Å². The van der Waals surface area contributed by atoms with E-state index in [1.54, 1.807) is 16.2 Å². The first-order chi connectivity index (χ1) is 12.3. The number of anilines is 1. The van der Waals surface area contributed by atoms with Crippen LogP contribution in [0.4, 0.5) is 5.13 Å². The van der Waals surface area contributed by atoms with Crippen LogP contribution in [-0.2, 0) is 0 Å². The van der Waals surface area contributed by atoms with Crippen molar-refractivity contribution in [1.82, 2.24) is 14.9 Å². The van der Waals surface area contributed by atoms with Gasteiger partial charge in [-0.2, -0.15) is 0 Å². The maximum atomic E-state index is 13.3. The Hall–Kier alpha value is -1.83. The molecule has 2 heterocycles. The molecule has 0 radical (unpaired) electrons. The van der Waals surface area contributed by atoms with E-state index in [4.69, 9.17) is 4.98 Å². The van der Waals surface area contributed by atoms with Crippen LogP contribution in [0.5, 0.6) is 0 Å². The first-order valence-corrected chi connectivity index (χ1v) is 10.2. The number of nitrogens with zero attached hydrogens (tertiary/aromatic N) is 4. The molecule has 0 spiro atoms. The van der Waals surface area contributed by atoms with Gasteiger partial charge < -0.3 is 4.90 Å². The molecule has 0 N–H and O–H groups in total. The van der Waals surface area contributed by atoms with Gasteiger partial charge in [0.2, 0.25) is 0 Å². The second-order valence-corrected chi connectivity index (χ2v) is 9.01. The average Bonchev–Trinajstić information content (AvgIpc) is 3.10. The average molecular weight is 389 g/mol. The van der Waals surface area contributed by atoms with Crippen LogP contribution in [0.2, 0.25) is 0 Å². The zero-order chi connectivity index (χ0) is 19.0. The van der Waals surface area contributed by atoms with Crippen LogP contribution >= 0.6 is 22.7 Å². The monoisotopic (exact) mass is 388 g/mol. The molecule has 0 aliphatic heterocycles. The van der Waals surface area contributed by atoms with Crippen LogP contribution in [0.15, 0.2) is 12.1 Å². The summed E-state index contributed by atoms with van der Waals surface area (Å²) in [6.45, 7) is 9.37. The Morgan fingerprint density at radius 2 is 1.77 bits per heavy atom. The summed E-state index contributed by atoms with van der Waals surface area (Å²) in [5, 5.41) is 1.67. The van der Waals surface area contributed by atoms with Gasteiger partial charge in [0.25, 0.3) is 5.91 Å². The minimum atomic E-state index is -0.0108. The number of rotatable bonds is 5. The lowest BCUT2D eigenvalue weighted by atomic mass is 10.1. The highest BCUT2D eigenvalue weighted by atomic mass is 32.1. The second kappa shape index (κ2) is 7.42. The Bertz CT molecular complexity index is 958. The zero-order valence-electron chi connectivity index (χ0n) is 16.1. The van der Waals surface area contributed by atoms with Crippen molar-refractivity contribution in [3.05, 3.63) is 38.8 Å². The largest absolute Gasteiger partial charge is 0.308 e. The molecule has 7 heteroatoms. The summed E-state index contributed by atoms with van der Waals surface area (Å²) in [4.78, 5) is 27.1. The highest BCUT2D eigenvalue weighted by molar-refractivity contribution is 7.22. The number of hydrogen-bond donors (Lipinski definition) is 0. The van der Waals surface area contributed by atoms with Crippen molar-refractivity contribution in [2.45, 2.75) is 27.7 Å². The summed E-state index contributed by atoms with van der Waals surface area (Å²) in [6.07, 6.45) is 0.